The van der Waals surface area contributed by atoms with E-state index < -0.39 is 0 Å². The molecule has 1 N–H and O–H groups in total. The highest BCUT2D eigenvalue weighted by atomic mass is 32.1. The van der Waals surface area contributed by atoms with E-state index in [0.29, 0.717) is 0 Å². The Bertz CT molecular complexity index is 515. The number of aryl methyl sites for hydroxylation is 3. The predicted molar refractivity (Wildman–Crippen MR) is 74.7 cm³/mol. The van der Waals surface area contributed by atoms with Gasteiger partial charge in [-0.3, -0.25) is 4.68 Å². The molecule has 2 aromatic heterocycles. The lowest BCUT2D eigenvalue weighted by Gasteiger charge is -2.11. The Morgan fingerprint density at radius 3 is 2.83 bits per heavy atom. The third kappa shape index (κ3) is 2.97. The predicted octanol–water partition coefficient (Wildman–Crippen LogP) is 2.83. The van der Waals surface area contributed by atoms with Gasteiger partial charge in [-0.25, -0.2) is 4.98 Å². The Hall–Kier alpha value is -1.20. The largest absolute Gasteiger partial charge is 0.302 e. The van der Waals surface area contributed by atoms with Crippen LogP contribution in [-0.4, -0.2) is 14.8 Å². The summed E-state index contributed by atoms with van der Waals surface area (Å²) in [5.41, 5.74) is 2.31. The SMILES string of the molecule is CCn1nc(C)cc1CNC(C)c1ncc(C)s1. The molecule has 2 heterocycles. The lowest BCUT2D eigenvalue weighted by atomic mass is 10.3. The molecular weight excluding hydrogens is 244 g/mol. The normalized spacial score (nSPS) is 12.9. The van der Waals surface area contributed by atoms with Gasteiger partial charge in [0, 0.05) is 24.2 Å². The van der Waals surface area contributed by atoms with Crippen LogP contribution >= 0.6 is 11.3 Å². The van der Waals surface area contributed by atoms with Gasteiger partial charge in [0.25, 0.3) is 0 Å². The topological polar surface area (TPSA) is 42.7 Å². The summed E-state index contributed by atoms with van der Waals surface area (Å²) in [4.78, 5) is 5.67. The summed E-state index contributed by atoms with van der Waals surface area (Å²) in [6.45, 7) is 10.1. The molecule has 98 valence electrons. The third-order valence-electron chi connectivity index (χ3n) is 2.88. The van der Waals surface area contributed by atoms with Crippen LogP contribution in [0.25, 0.3) is 0 Å². The van der Waals surface area contributed by atoms with Gasteiger partial charge >= 0.3 is 0 Å². The van der Waals surface area contributed by atoms with Crippen LogP contribution < -0.4 is 5.32 Å². The van der Waals surface area contributed by atoms with Crippen LogP contribution in [0, 0.1) is 13.8 Å². The molecule has 1 unspecified atom stereocenters. The first-order valence-corrected chi connectivity index (χ1v) is 7.10. The lowest BCUT2D eigenvalue weighted by molar-refractivity contribution is 0.529. The molecule has 2 aromatic rings. The summed E-state index contributed by atoms with van der Waals surface area (Å²) in [6, 6.07) is 2.42. The Kier molecular flexibility index (Phi) is 4.14. The number of aromatic nitrogens is 3. The van der Waals surface area contributed by atoms with Gasteiger partial charge < -0.3 is 5.32 Å². The van der Waals surface area contributed by atoms with Crippen molar-refractivity contribution in [2.75, 3.05) is 0 Å². The second kappa shape index (κ2) is 5.63. The number of nitrogens with one attached hydrogen (secondary N) is 1. The van der Waals surface area contributed by atoms with Crippen LogP contribution in [0.5, 0.6) is 0 Å². The van der Waals surface area contributed by atoms with Crippen LogP contribution in [0.3, 0.4) is 0 Å². The first kappa shape index (κ1) is 13.2. The average Bonchev–Trinajstić information content (AvgIpc) is 2.92. The molecule has 18 heavy (non-hydrogen) atoms. The van der Waals surface area contributed by atoms with Gasteiger partial charge in [-0.15, -0.1) is 11.3 Å². The molecule has 0 saturated heterocycles. The molecule has 0 aliphatic heterocycles. The van der Waals surface area contributed by atoms with Crippen molar-refractivity contribution < 1.29 is 0 Å². The standard InChI is InChI=1S/C13H20N4S/c1-5-17-12(6-9(2)16-17)8-14-11(4)13-15-7-10(3)18-13/h6-7,11,14H,5,8H2,1-4H3. The minimum absolute atomic E-state index is 0.282. The van der Waals surface area contributed by atoms with E-state index in [2.05, 4.69) is 42.2 Å². The molecule has 0 spiro atoms. The van der Waals surface area contributed by atoms with Crippen molar-refractivity contribution in [2.24, 2.45) is 0 Å². The monoisotopic (exact) mass is 264 g/mol. The highest BCUT2D eigenvalue weighted by Gasteiger charge is 2.10. The molecule has 2 rings (SSSR count). The second-order valence-electron chi connectivity index (χ2n) is 4.50. The molecule has 5 heteroatoms. The summed E-state index contributed by atoms with van der Waals surface area (Å²) >= 11 is 1.75. The fourth-order valence-electron chi connectivity index (χ4n) is 1.93. The van der Waals surface area contributed by atoms with E-state index in [-0.39, 0.29) is 6.04 Å². The van der Waals surface area contributed by atoms with Crippen molar-refractivity contribution in [3.63, 3.8) is 0 Å². The maximum atomic E-state index is 4.45. The Balaban J connectivity index is 1.98. The molecule has 0 radical (unpaired) electrons. The number of hydrogen-bond acceptors (Lipinski definition) is 4. The molecule has 4 nitrogen and oxygen atoms in total. The Morgan fingerprint density at radius 2 is 2.22 bits per heavy atom. The lowest BCUT2D eigenvalue weighted by Crippen LogP contribution is -2.20. The Labute approximate surface area is 112 Å². The number of nitrogens with zero attached hydrogens (tertiary/aromatic N) is 3. The van der Waals surface area contributed by atoms with Gasteiger partial charge in [0.1, 0.15) is 5.01 Å². The Morgan fingerprint density at radius 1 is 1.44 bits per heavy atom. The molecule has 0 aromatic carbocycles. The van der Waals surface area contributed by atoms with Gasteiger partial charge in [0.15, 0.2) is 0 Å². The summed E-state index contributed by atoms with van der Waals surface area (Å²) in [6.07, 6.45) is 1.93. The maximum absolute atomic E-state index is 4.45. The van der Waals surface area contributed by atoms with Gasteiger partial charge in [-0.1, -0.05) is 0 Å². The summed E-state index contributed by atoms with van der Waals surface area (Å²) in [5, 5.41) is 9.10. The van der Waals surface area contributed by atoms with Gasteiger partial charge in [0.05, 0.1) is 17.4 Å². The van der Waals surface area contributed by atoms with Crippen LogP contribution in [0.1, 0.15) is 41.2 Å². The van der Waals surface area contributed by atoms with E-state index in [9.17, 15) is 0 Å². The number of hydrogen-bond donors (Lipinski definition) is 1. The fourth-order valence-corrected chi connectivity index (χ4v) is 2.73. The van der Waals surface area contributed by atoms with E-state index in [1.54, 1.807) is 11.3 Å². The highest BCUT2D eigenvalue weighted by molar-refractivity contribution is 7.11. The summed E-state index contributed by atoms with van der Waals surface area (Å²) < 4.78 is 2.04. The van der Waals surface area contributed by atoms with E-state index in [1.165, 1.54) is 10.6 Å². The van der Waals surface area contributed by atoms with Crippen LogP contribution in [0.2, 0.25) is 0 Å². The first-order valence-electron chi connectivity index (χ1n) is 6.29. The third-order valence-corrected chi connectivity index (χ3v) is 3.98. The van der Waals surface area contributed by atoms with Crippen LogP contribution in [0.15, 0.2) is 12.3 Å². The number of rotatable bonds is 5. The van der Waals surface area contributed by atoms with Gasteiger partial charge in [0.2, 0.25) is 0 Å². The first-order chi connectivity index (χ1) is 8.60. The van der Waals surface area contributed by atoms with Crippen LogP contribution in [0.4, 0.5) is 0 Å². The molecule has 0 aliphatic carbocycles. The quantitative estimate of drug-likeness (QED) is 0.903. The molecule has 0 fully saturated rings. The van der Waals surface area contributed by atoms with Gasteiger partial charge in [-0.05, 0) is 33.8 Å². The molecule has 1 atom stereocenters. The van der Waals surface area contributed by atoms with E-state index in [4.69, 9.17) is 0 Å². The summed E-state index contributed by atoms with van der Waals surface area (Å²) in [5.74, 6) is 0. The van der Waals surface area contributed by atoms with Crippen molar-refractivity contribution in [3.05, 3.63) is 33.5 Å². The van der Waals surface area contributed by atoms with Crippen LogP contribution in [-0.2, 0) is 13.1 Å². The zero-order valence-electron chi connectivity index (χ0n) is 11.4. The maximum Gasteiger partial charge on any atom is 0.109 e. The minimum Gasteiger partial charge on any atom is -0.302 e. The smallest absolute Gasteiger partial charge is 0.109 e. The van der Waals surface area contributed by atoms with E-state index in [0.717, 1.165) is 23.8 Å². The second-order valence-corrected chi connectivity index (χ2v) is 5.77. The van der Waals surface area contributed by atoms with Crippen molar-refractivity contribution in [1.29, 1.82) is 0 Å². The van der Waals surface area contributed by atoms with Gasteiger partial charge in [-0.2, -0.15) is 5.10 Å². The average molecular weight is 264 g/mol. The fraction of sp³-hybridized carbons (Fsp3) is 0.538. The molecule has 0 amide bonds. The van der Waals surface area contributed by atoms with E-state index >= 15 is 0 Å². The zero-order valence-corrected chi connectivity index (χ0v) is 12.2. The van der Waals surface area contributed by atoms with Crippen molar-refractivity contribution in [2.45, 2.75) is 46.8 Å². The summed E-state index contributed by atoms with van der Waals surface area (Å²) in [7, 11) is 0. The molecular formula is C13H20N4S. The zero-order chi connectivity index (χ0) is 13.1. The minimum atomic E-state index is 0.282. The number of thiazole rings is 1. The van der Waals surface area contributed by atoms with Crippen molar-refractivity contribution in [3.8, 4) is 0 Å². The molecule has 0 aliphatic rings. The highest BCUT2D eigenvalue weighted by Crippen LogP contribution is 2.19. The molecule has 0 bridgehead atoms. The van der Waals surface area contributed by atoms with Crippen molar-refractivity contribution >= 4 is 11.3 Å². The van der Waals surface area contributed by atoms with E-state index in [1.807, 2.05) is 17.8 Å². The molecule has 0 saturated carbocycles. The van der Waals surface area contributed by atoms with Crippen molar-refractivity contribution in [1.82, 2.24) is 20.1 Å².